The lowest BCUT2D eigenvalue weighted by molar-refractivity contribution is 0.657. The van der Waals surface area contributed by atoms with Gasteiger partial charge in [-0.1, -0.05) is 77.2 Å². The van der Waals surface area contributed by atoms with Crippen molar-refractivity contribution in [2.45, 2.75) is 85.0 Å². The first-order valence-corrected chi connectivity index (χ1v) is 9.11. The van der Waals surface area contributed by atoms with Gasteiger partial charge in [-0.2, -0.15) is 0 Å². The van der Waals surface area contributed by atoms with Gasteiger partial charge in [-0.05, 0) is 47.9 Å². The van der Waals surface area contributed by atoms with Crippen molar-refractivity contribution >= 4 is 6.08 Å². The van der Waals surface area contributed by atoms with Crippen molar-refractivity contribution in [3.8, 4) is 0 Å². The van der Waals surface area contributed by atoms with Gasteiger partial charge in [0.25, 0.3) is 0 Å². The van der Waals surface area contributed by atoms with E-state index in [0.717, 1.165) is 0 Å². The maximum absolute atomic E-state index is 2.51. The zero-order chi connectivity index (χ0) is 15.2. The van der Waals surface area contributed by atoms with Crippen molar-refractivity contribution < 1.29 is 0 Å². The molecule has 2 rings (SSSR count). The molecule has 1 atom stereocenters. The van der Waals surface area contributed by atoms with Crippen molar-refractivity contribution in [1.82, 2.24) is 0 Å². The van der Waals surface area contributed by atoms with E-state index in [2.05, 4.69) is 45.9 Å². The smallest absolute Gasteiger partial charge is 0.00601 e. The minimum Gasteiger partial charge on any atom is -0.0653 e. The maximum atomic E-state index is 2.51. The number of benzene rings is 1. The molecular formula is C21H32. The second-order valence-corrected chi connectivity index (χ2v) is 6.52. The molecule has 1 aromatic carbocycles. The highest BCUT2D eigenvalue weighted by molar-refractivity contribution is 5.69. The summed E-state index contributed by atoms with van der Waals surface area (Å²) in [4.78, 5) is 0. The van der Waals surface area contributed by atoms with Gasteiger partial charge in [0.2, 0.25) is 0 Å². The van der Waals surface area contributed by atoms with Crippen molar-refractivity contribution in [3.05, 3.63) is 40.0 Å². The Morgan fingerprint density at radius 3 is 2.14 bits per heavy atom. The van der Waals surface area contributed by atoms with Crippen molar-refractivity contribution in [2.24, 2.45) is 0 Å². The van der Waals surface area contributed by atoms with Crippen LogP contribution in [-0.4, -0.2) is 0 Å². The monoisotopic (exact) mass is 284 g/mol. The summed E-state index contributed by atoms with van der Waals surface area (Å²) < 4.78 is 0. The Balaban J connectivity index is 2.46. The summed E-state index contributed by atoms with van der Waals surface area (Å²) in [6.07, 6.45) is 12.7. The van der Waals surface area contributed by atoms with Crippen LogP contribution in [0.2, 0.25) is 0 Å². The van der Waals surface area contributed by atoms with E-state index >= 15 is 0 Å². The Morgan fingerprint density at radius 1 is 0.810 bits per heavy atom. The lowest BCUT2D eigenvalue weighted by Crippen LogP contribution is -2.06. The predicted octanol–water partition coefficient (Wildman–Crippen LogP) is 6.67. The Hall–Kier alpha value is -1.04. The summed E-state index contributed by atoms with van der Waals surface area (Å²) in [6, 6.07) is 4.80. The zero-order valence-electron chi connectivity index (χ0n) is 14.5. The molecule has 0 nitrogen and oxygen atoms in total. The highest BCUT2D eigenvalue weighted by Gasteiger charge is 2.27. The second kappa shape index (κ2) is 7.82. The normalized spacial score (nSPS) is 17.0. The summed E-state index contributed by atoms with van der Waals surface area (Å²) in [7, 11) is 0. The molecule has 0 heteroatoms. The van der Waals surface area contributed by atoms with Crippen LogP contribution in [0.4, 0.5) is 0 Å². The molecule has 116 valence electrons. The summed E-state index contributed by atoms with van der Waals surface area (Å²) in [5, 5.41) is 0. The molecule has 0 saturated heterocycles. The summed E-state index contributed by atoms with van der Waals surface area (Å²) in [6.45, 7) is 9.26. The number of fused-ring (bicyclic) bond motifs is 1. The van der Waals surface area contributed by atoms with Crippen LogP contribution < -0.4 is 0 Å². The first-order valence-electron chi connectivity index (χ1n) is 9.11. The van der Waals surface area contributed by atoms with Gasteiger partial charge in [-0.25, -0.2) is 0 Å². The summed E-state index contributed by atoms with van der Waals surface area (Å²) >= 11 is 0. The van der Waals surface area contributed by atoms with E-state index in [4.69, 9.17) is 0 Å². The Bertz CT molecular complexity index is 493. The van der Waals surface area contributed by atoms with Crippen LogP contribution >= 0.6 is 0 Å². The highest BCUT2D eigenvalue weighted by Crippen LogP contribution is 2.44. The van der Waals surface area contributed by atoms with E-state index in [-0.39, 0.29) is 0 Å². The fourth-order valence-electron chi connectivity index (χ4n) is 3.95. The summed E-state index contributed by atoms with van der Waals surface area (Å²) in [5.41, 5.74) is 8.23. The zero-order valence-corrected chi connectivity index (χ0v) is 14.5. The van der Waals surface area contributed by atoms with E-state index < -0.39 is 0 Å². The van der Waals surface area contributed by atoms with Gasteiger partial charge in [-0.15, -0.1) is 0 Å². The Labute approximate surface area is 131 Å². The average Bonchev–Trinajstić information content (AvgIpc) is 2.81. The van der Waals surface area contributed by atoms with E-state index in [1.165, 1.54) is 56.9 Å². The lowest BCUT2D eigenvalue weighted by Gasteiger charge is -2.21. The van der Waals surface area contributed by atoms with Gasteiger partial charge in [0.05, 0.1) is 0 Å². The first-order chi connectivity index (χ1) is 10.3. The van der Waals surface area contributed by atoms with Gasteiger partial charge >= 0.3 is 0 Å². The average molecular weight is 284 g/mol. The van der Waals surface area contributed by atoms with E-state index in [9.17, 15) is 0 Å². The molecule has 1 aliphatic rings. The quantitative estimate of drug-likeness (QED) is 0.500. The van der Waals surface area contributed by atoms with Gasteiger partial charge < -0.3 is 0 Å². The molecular weight excluding hydrogens is 252 g/mol. The Kier molecular flexibility index (Phi) is 6.08. The van der Waals surface area contributed by atoms with Crippen LogP contribution in [0.25, 0.3) is 6.08 Å². The molecule has 0 bridgehead atoms. The molecule has 21 heavy (non-hydrogen) atoms. The van der Waals surface area contributed by atoms with E-state index in [1.54, 1.807) is 22.3 Å². The fourth-order valence-corrected chi connectivity index (χ4v) is 3.95. The van der Waals surface area contributed by atoms with E-state index in [0.29, 0.717) is 5.92 Å². The molecule has 1 unspecified atom stereocenters. The molecule has 0 aliphatic heterocycles. The molecule has 0 aromatic heterocycles. The SMILES string of the molecule is CCCC1=Cc2ccc(CCC)c(CCC)c2C1CCC. The maximum Gasteiger partial charge on any atom is 0.00601 e. The minimum absolute atomic E-state index is 0.711. The third-order valence-corrected chi connectivity index (χ3v) is 4.76. The number of allylic oxidation sites excluding steroid dienone is 1. The number of rotatable bonds is 8. The number of aryl methyl sites for hydroxylation is 1. The van der Waals surface area contributed by atoms with E-state index in [1.807, 2.05) is 0 Å². The van der Waals surface area contributed by atoms with Crippen LogP contribution in [0.5, 0.6) is 0 Å². The standard InChI is InChI=1S/C21H32/c1-5-9-16-13-14-18-15-17(10-6-2)20(12-8-4)21(18)19(16)11-7-3/h13-15,20H,5-12H2,1-4H3. The molecule has 0 fully saturated rings. The van der Waals surface area contributed by atoms with Crippen molar-refractivity contribution in [3.63, 3.8) is 0 Å². The molecule has 0 saturated carbocycles. The van der Waals surface area contributed by atoms with Crippen LogP contribution in [0.15, 0.2) is 17.7 Å². The van der Waals surface area contributed by atoms with Crippen LogP contribution in [0.3, 0.4) is 0 Å². The highest BCUT2D eigenvalue weighted by atomic mass is 14.3. The van der Waals surface area contributed by atoms with Gasteiger partial charge in [0, 0.05) is 5.92 Å². The molecule has 0 amide bonds. The first kappa shape index (κ1) is 16.3. The molecule has 0 spiro atoms. The van der Waals surface area contributed by atoms with Crippen LogP contribution in [0, 0.1) is 0 Å². The van der Waals surface area contributed by atoms with Crippen molar-refractivity contribution in [1.29, 1.82) is 0 Å². The Morgan fingerprint density at radius 2 is 1.52 bits per heavy atom. The molecule has 1 aliphatic carbocycles. The molecule has 1 aromatic rings. The molecule has 0 radical (unpaired) electrons. The molecule has 0 heterocycles. The van der Waals surface area contributed by atoms with Crippen molar-refractivity contribution in [2.75, 3.05) is 0 Å². The third-order valence-electron chi connectivity index (χ3n) is 4.76. The topological polar surface area (TPSA) is 0 Å². The minimum atomic E-state index is 0.711. The number of hydrogen-bond donors (Lipinski definition) is 0. The van der Waals surface area contributed by atoms with Gasteiger partial charge in [-0.3, -0.25) is 0 Å². The van der Waals surface area contributed by atoms with Crippen LogP contribution in [0.1, 0.15) is 94.4 Å². The largest absolute Gasteiger partial charge is 0.0653 e. The van der Waals surface area contributed by atoms with Gasteiger partial charge in [0.15, 0.2) is 0 Å². The predicted molar refractivity (Wildman–Crippen MR) is 95.0 cm³/mol. The molecule has 0 N–H and O–H groups in total. The van der Waals surface area contributed by atoms with Gasteiger partial charge in [0.1, 0.15) is 0 Å². The third kappa shape index (κ3) is 3.42. The second-order valence-electron chi connectivity index (χ2n) is 6.52. The lowest BCUT2D eigenvalue weighted by atomic mass is 9.83. The fraction of sp³-hybridized carbons (Fsp3) is 0.619. The van der Waals surface area contributed by atoms with Crippen LogP contribution in [-0.2, 0) is 12.8 Å². The summed E-state index contributed by atoms with van der Waals surface area (Å²) in [5.74, 6) is 0.711. The number of hydrogen-bond acceptors (Lipinski definition) is 0.